The molecular formula is C17H23FN4O4. The first kappa shape index (κ1) is 18.4. The third-order valence-electron chi connectivity index (χ3n) is 4.25. The van der Waals surface area contributed by atoms with Crippen LogP contribution in [0.2, 0.25) is 0 Å². The van der Waals surface area contributed by atoms with E-state index in [4.69, 9.17) is 9.47 Å². The summed E-state index contributed by atoms with van der Waals surface area (Å²) in [4.78, 5) is 24.2. The molecular weight excluding hydrogens is 343 g/mol. The van der Waals surface area contributed by atoms with Crippen LogP contribution in [-0.4, -0.2) is 63.5 Å². The van der Waals surface area contributed by atoms with E-state index < -0.39 is 18.0 Å². The number of carbonyl (C=O) groups excluding carboxylic acids is 2. The highest BCUT2D eigenvalue weighted by Crippen LogP contribution is 2.27. The Balaban J connectivity index is 1.51. The van der Waals surface area contributed by atoms with Crippen LogP contribution in [0.3, 0.4) is 0 Å². The number of ether oxygens (including phenoxy) is 2. The molecule has 3 N–H and O–H groups in total. The maximum absolute atomic E-state index is 14.3. The van der Waals surface area contributed by atoms with Gasteiger partial charge in [-0.1, -0.05) is 0 Å². The van der Waals surface area contributed by atoms with E-state index in [0.717, 1.165) is 13.1 Å². The first-order valence-corrected chi connectivity index (χ1v) is 8.62. The molecule has 1 atom stereocenters. The second kappa shape index (κ2) is 8.33. The van der Waals surface area contributed by atoms with Crippen molar-refractivity contribution in [2.24, 2.45) is 0 Å². The van der Waals surface area contributed by atoms with E-state index in [1.807, 2.05) is 0 Å². The summed E-state index contributed by atoms with van der Waals surface area (Å²) in [6.07, 6.45) is -1.02. The number of hydrogen-bond donors (Lipinski definition) is 3. The Labute approximate surface area is 151 Å². The molecule has 0 saturated carbocycles. The molecule has 8 nitrogen and oxygen atoms in total. The van der Waals surface area contributed by atoms with Crippen molar-refractivity contribution in [2.75, 3.05) is 44.2 Å². The van der Waals surface area contributed by atoms with Gasteiger partial charge in [-0.3, -0.25) is 9.69 Å². The monoisotopic (exact) mass is 366 g/mol. The molecule has 0 spiro atoms. The molecule has 2 aliphatic heterocycles. The normalized spacial score (nSPS) is 19.8. The summed E-state index contributed by atoms with van der Waals surface area (Å²) in [6, 6.07) is 4.83. The maximum Gasteiger partial charge on any atom is 0.414 e. The van der Waals surface area contributed by atoms with Crippen molar-refractivity contribution in [3.8, 4) is 5.75 Å². The number of carbonyl (C=O) groups is 2. The van der Waals surface area contributed by atoms with Crippen LogP contribution in [0.5, 0.6) is 5.75 Å². The van der Waals surface area contributed by atoms with Gasteiger partial charge in [-0.15, -0.1) is 0 Å². The smallest absolute Gasteiger partial charge is 0.414 e. The van der Waals surface area contributed by atoms with E-state index >= 15 is 0 Å². The number of halogens is 1. The first-order chi connectivity index (χ1) is 12.5. The van der Waals surface area contributed by atoms with Gasteiger partial charge >= 0.3 is 6.09 Å². The molecule has 0 aliphatic carbocycles. The van der Waals surface area contributed by atoms with E-state index in [0.29, 0.717) is 24.9 Å². The van der Waals surface area contributed by atoms with Gasteiger partial charge in [0.2, 0.25) is 5.91 Å². The fourth-order valence-electron chi connectivity index (χ4n) is 2.73. The maximum atomic E-state index is 14.3. The summed E-state index contributed by atoms with van der Waals surface area (Å²) in [5, 5.41) is 9.04. The van der Waals surface area contributed by atoms with Crippen molar-refractivity contribution in [3.05, 3.63) is 24.0 Å². The molecule has 0 unspecified atom stereocenters. The zero-order valence-corrected chi connectivity index (χ0v) is 14.6. The Morgan fingerprint density at radius 3 is 2.92 bits per heavy atom. The van der Waals surface area contributed by atoms with Crippen LogP contribution in [0.25, 0.3) is 0 Å². The Morgan fingerprint density at radius 1 is 1.46 bits per heavy atom. The summed E-state index contributed by atoms with van der Waals surface area (Å²) in [5.74, 6) is -0.592. The predicted molar refractivity (Wildman–Crippen MR) is 92.9 cm³/mol. The Hall–Kier alpha value is -2.39. The largest absolute Gasteiger partial charge is 0.489 e. The molecule has 3 rings (SSSR count). The van der Waals surface area contributed by atoms with Crippen LogP contribution in [0.15, 0.2) is 18.2 Å². The van der Waals surface area contributed by atoms with Crippen LogP contribution in [0, 0.1) is 5.82 Å². The zero-order valence-electron chi connectivity index (χ0n) is 14.6. The van der Waals surface area contributed by atoms with Crippen molar-refractivity contribution < 1.29 is 23.5 Å². The molecule has 0 bridgehead atoms. The number of nitrogens with one attached hydrogen (secondary N) is 3. The van der Waals surface area contributed by atoms with E-state index in [1.54, 1.807) is 6.07 Å². The van der Waals surface area contributed by atoms with Gasteiger partial charge in [0.25, 0.3) is 0 Å². The molecule has 1 aromatic carbocycles. The quantitative estimate of drug-likeness (QED) is 0.571. The van der Waals surface area contributed by atoms with E-state index in [-0.39, 0.29) is 24.7 Å². The van der Waals surface area contributed by atoms with Gasteiger partial charge in [0.15, 0.2) is 11.6 Å². The lowest BCUT2D eigenvalue weighted by molar-refractivity contribution is -0.119. The van der Waals surface area contributed by atoms with Gasteiger partial charge in [0, 0.05) is 38.7 Å². The Morgan fingerprint density at radius 2 is 2.27 bits per heavy atom. The van der Waals surface area contributed by atoms with Gasteiger partial charge in [0.1, 0.15) is 12.7 Å². The highest BCUT2D eigenvalue weighted by Gasteiger charge is 2.32. The standard InChI is InChI=1S/C17H23FN4O4/c1-11(23)21-9-14-10-22(17(24)26-14)13-2-3-16(15(18)6-13)25-5-4-20-12-7-19-8-12/h2-3,6,12,14,19-20H,4-5,7-10H2,1H3,(H,21,23)/t14-/m0/s1. The second-order valence-electron chi connectivity index (χ2n) is 6.33. The number of anilines is 1. The van der Waals surface area contributed by atoms with Crippen molar-refractivity contribution in [1.82, 2.24) is 16.0 Å². The molecule has 142 valence electrons. The van der Waals surface area contributed by atoms with Crippen LogP contribution in [-0.2, 0) is 9.53 Å². The zero-order chi connectivity index (χ0) is 18.5. The van der Waals surface area contributed by atoms with Gasteiger partial charge in [-0.05, 0) is 12.1 Å². The van der Waals surface area contributed by atoms with Gasteiger partial charge in [-0.25, -0.2) is 9.18 Å². The summed E-state index contributed by atoms with van der Waals surface area (Å²) < 4.78 is 24.9. The van der Waals surface area contributed by atoms with Crippen LogP contribution in [0.4, 0.5) is 14.9 Å². The minimum Gasteiger partial charge on any atom is -0.489 e. The van der Waals surface area contributed by atoms with E-state index in [2.05, 4.69) is 16.0 Å². The molecule has 2 fully saturated rings. The van der Waals surface area contributed by atoms with Gasteiger partial charge in [0.05, 0.1) is 18.8 Å². The molecule has 0 radical (unpaired) electrons. The molecule has 2 amide bonds. The number of rotatable bonds is 8. The van der Waals surface area contributed by atoms with Gasteiger partial charge < -0.3 is 25.4 Å². The highest BCUT2D eigenvalue weighted by atomic mass is 19.1. The molecule has 2 heterocycles. The minimum absolute atomic E-state index is 0.143. The summed E-state index contributed by atoms with van der Waals surface area (Å²) in [6.45, 7) is 4.74. The van der Waals surface area contributed by atoms with Crippen molar-refractivity contribution >= 4 is 17.7 Å². The average Bonchev–Trinajstić information content (AvgIpc) is 2.93. The molecule has 9 heteroatoms. The number of hydrogen-bond acceptors (Lipinski definition) is 6. The lowest BCUT2D eigenvalue weighted by Crippen LogP contribution is -2.56. The predicted octanol–water partition coefficient (Wildman–Crippen LogP) is 0.227. The third kappa shape index (κ3) is 4.61. The topological polar surface area (TPSA) is 91.9 Å². The molecule has 0 aromatic heterocycles. The third-order valence-corrected chi connectivity index (χ3v) is 4.25. The Bertz CT molecular complexity index is 668. The van der Waals surface area contributed by atoms with Crippen LogP contribution < -0.4 is 25.6 Å². The fraction of sp³-hybridized carbons (Fsp3) is 0.529. The van der Waals surface area contributed by atoms with Crippen molar-refractivity contribution in [3.63, 3.8) is 0 Å². The number of benzene rings is 1. The number of cyclic esters (lactones) is 1. The summed E-state index contributed by atoms with van der Waals surface area (Å²) in [7, 11) is 0. The fourth-order valence-corrected chi connectivity index (χ4v) is 2.73. The lowest BCUT2D eigenvalue weighted by atomic mass is 10.2. The van der Waals surface area contributed by atoms with Crippen molar-refractivity contribution in [1.29, 1.82) is 0 Å². The molecule has 2 aliphatic rings. The lowest BCUT2D eigenvalue weighted by Gasteiger charge is -2.28. The summed E-state index contributed by atoms with van der Waals surface area (Å²) >= 11 is 0. The molecule has 2 saturated heterocycles. The van der Waals surface area contributed by atoms with Crippen LogP contribution in [0.1, 0.15) is 6.92 Å². The number of nitrogens with zero attached hydrogens (tertiary/aromatic N) is 1. The van der Waals surface area contributed by atoms with Crippen LogP contribution >= 0.6 is 0 Å². The van der Waals surface area contributed by atoms with E-state index in [9.17, 15) is 14.0 Å². The SMILES string of the molecule is CC(=O)NC[C@H]1CN(c2ccc(OCCNC3CNC3)c(F)c2)C(=O)O1. The summed E-state index contributed by atoms with van der Waals surface area (Å²) in [5.41, 5.74) is 0.392. The molecule has 26 heavy (non-hydrogen) atoms. The highest BCUT2D eigenvalue weighted by molar-refractivity contribution is 5.89. The Kier molecular flexibility index (Phi) is 5.89. The van der Waals surface area contributed by atoms with E-state index in [1.165, 1.54) is 24.0 Å². The van der Waals surface area contributed by atoms with Crippen molar-refractivity contribution in [2.45, 2.75) is 19.1 Å². The first-order valence-electron chi connectivity index (χ1n) is 8.62. The number of amides is 2. The average molecular weight is 366 g/mol. The molecule has 1 aromatic rings. The van der Waals surface area contributed by atoms with Gasteiger partial charge in [-0.2, -0.15) is 0 Å². The second-order valence-corrected chi connectivity index (χ2v) is 6.33. The minimum atomic E-state index is -0.563.